The van der Waals surface area contributed by atoms with Gasteiger partial charge in [-0.3, -0.25) is 0 Å². The Labute approximate surface area is 67.9 Å². The summed E-state index contributed by atoms with van der Waals surface area (Å²) in [4.78, 5) is 0. The van der Waals surface area contributed by atoms with Crippen molar-refractivity contribution >= 4 is 0 Å². The molecule has 1 saturated heterocycles. The average Bonchev–Trinajstić information content (AvgIpc) is 2.25. The summed E-state index contributed by atoms with van der Waals surface area (Å²) in [5.74, 6) is -0.440. The van der Waals surface area contributed by atoms with Crippen LogP contribution in [-0.4, -0.2) is 24.5 Å². The fourth-order valence-corrected chi connectivity index (χ4v) is 1.45. The minimum absolute atomic E-state index is 0.0787. The highest BCUT2D eigenvalue weighted by Crippen LogP contribution is 2.28. The molecule has 3 heteroatoms. The zero-order valence-electron chi connectivity index (χ0n) is 7.46. The molecule has 66 valence electrons. The molecule has 0 saturated carbocycles. The summed E-state index contributed by atoms with van der Waals surface area (Å²) < 4.78 is 11.2. The number of hydrogen-bond acceptors (Lipinski definition) is 3. The summed E-state index contributed by atoms with van der Waals surface area (Å²) in [5, 5.41) is 0. The third-order valence-corrected chi connectivity index (χ3v) is 1.92. The summed E-state index contributed by atoms with van der Waals surface area (Å²) in [7, 11) is 0. The van der Waals surface area contributed by atoms with Crippen LogP contribution < -0.4 is 5.73 Å². The van der Waals surface area contributed by atoms with Gasteiger partial charge in [-0.25, -0.2) is 0 Å². The number of nitrogens with two attached hydrogens (primary N) is 1. The van der Waals surface area contributed by atoms with E-state index < -0.39 is 5.79 Å². The van der Waals surface area contributed by atoms with Gasteiger partial charge < -0.3 is 15.2 Å². The van der Waals surface area contributed by atoms with Crippen LogP contribution in [0.4, 0.5) is 0 Å². The van der Waals surface area contributed by atoms with Gasteiger partial charge in [0, 0.05) is 6.54 Å². The first-order valence-corrected chi connectivity index (χ1v) is 4.14. The molecule has 11 heavy (non-hydrogen) atoms. The number of ether oxygens (including phenoxy) is 2. The standard InChI is InChI=1S/C8H17NO2/c1-4-6-7(5-9)11-8(2,3)10-6/h6-7H,4-5,9H2,1-3H3. The molecule has 0 aliphatic carbocycles. The van der Waals surface area contributed by atoms with Gasteiger partial charge in [0.05, 0.1) is 12.2 Å². The molecule has 1 aliphatic rings. The lowest BCUT2D eigenvalue weighted by atomic mass is 10.1. The predicted molar refractivity (Wildman–Crippen MR) is 43.2 cm³/mol. The van der Waals surface area contributed by atoms with Crippen LogP contribution in [0.5, 0.6) is 0 Å². The van der Waals surface area contributed by atoms with Crippen molar-refractivity contribution in [2.75, 3.05) is 6.54 Å². The highest BCUT2D eigenvalue weighted by Gasteiger charge is 2.39. The molecule has 2 unspecified atom stereocenters. The van der Waals surface area contributed by atoms with Crippen LogP contribution in [-0.2, 0) is 9.47 Å². The van der Waals surface area contributed by atoms with Crippen LogP contribution in [0.2, 0.25) is 0 Å². The maximum absolute atomic E-state index is 5.60. The second-order valence-electron chi connectivity index (χ2n) is 3.36. The van der Waals surface area contributed by atoms with Gasteiger partial charge in [0.1, 0.15) is 0 Å². The predicted octanol–water partition coefficient (Wildman–Crippen LogP) is 0.875. The Morgan fingerprint density at radius 2 is 1.82 bits per heavy atom. The van der Waals surface area contributed by atoms with E-state index in [1.54, 1.807) is 0 Å². The fourth-order valence-electron chi connectivity index (χ4n) is 1.45. The topological polar surface area (TPSA) is 44.5 Å². The molecule has 3 nitrogen and oxygen atoms in total. The number of rotatable bonds is 2. The van der Waals surface area contributed by atoms with Crippen molar-refractivity contribution in [3.8, 4) is 0 Å². The van der Waals surface area contributed by atoms with E-state index in [0.717, 1.165) is 6.42 Å². The molecule has 0 bridgehead atoms. The van der Waals surface area contributed by atoms with E-state index in [1.807, 2.05) is 13.8 Å². The monoisotopic (exact) mass is 159 g/mol. The van der Waals surface area contributed by atoms with Crippen LogP contribution in [0.1, 0.15) is 27.2 Å². The smallest absolute Gasteiger partial charge is 0.163 e. The van der Waals surface area contributed by atoms with Crippen LogP contribution in [0, 0.1) is 0 Å². The van der Waals surface area contributed by atoms with Gasteiger partial charge in [-0.2, -0.15) is 0 Å². The molecule has 1 fully saturated rings. The largest absolute Gasteiger partial charge is 0.345 e. The Balaban J connectivity index is 2.55. The molecule has 1 rings (SSSR count). The van der Waals surface area contributed by atoms with Gasteiger partial charge in [0.25, 0.3) is 0 Å². The molecule has 0 aromatic rings. The quantitative estimate of drug-likeness (QED) is 0.650. The summed E-state index contributed by atoms with van der Waals surface area (Å²) in [6.45, 7) is 6.47. The Morgan fingerprint density at radius 3 is 2.18 bits per heavy atom. The van der Waals surface area contributed by atoms with Crippen molar-refractivity contribution in [1.29, 1.82) is 0 Å². The first-order chi connectivity index (χ1) is 5.09. The molecule has 0 amide bonds. The van der Waals surface area contributed by atoms with Crippen LogP contribution >= 0.6 is 0 Å². The van der Waals surface area contributed by atoms with Gasteiger partial charge in [0.2, 0.25) is 0 Å². The Kier molecular flexibility index (Phi) is 2.52. The molecule has 2 atom stereocenters. The van der Waals surface area contributed by atoms with E-state index >= 15 is 0 Å². The fraction of sp³-hybridized carbons (Fsp3) is 1.00. The summed E-state index contributed by atoms with van der Waals surface area (Å²) in [6, 6.07) is 0. The molecule has 0 radical (unpaired) electrons. The average molecular weight is 159 g/mol. The summed E-state index contributed by atoms with van der Waals surface area (Å²) >= 11 is 0. The van der Waals surface area contributed by atoms with Crippen molar-refractivity contribution in [2.24, 2.45) is 5.73 Å². The maximum Gasteiger partial charge on any atom is 0.163 e. The normalized spacial score (nSPS) is 36.0. The summed E-state index contributed by atoms with van der Waals surface area (Å²) in [6.07, 6.45) is 1.22. The lowest BCUT2D eigenvalue weighted by Gasteiger charge is -2.16. The molecular weight excluding hydrogens is 142 g/mol. The molecule has 0 spiro atoms. The Morgan fingerprint density at radius 1 is 1.27 bits per heavy atom. The highest BCUT2D eigenvalue weighted by molar-refractivity contribution is 4.80. The van der Waals surface area contributed by atoms with Crippen molar-refractivity contribution in [2.45, 2.75) is 45.2 Å². The molecular formula is C8H17NO2. The van der Waals surface area contributed by atoms with E-state index in [0.29, 0.717) is 6.54 Å². The first kappa shape index (κ1) is 8.97. The summed E-state index contributed by atoms with van der Waals surface area (Å²) in [5.41, 5.74) is 5.52. The van der Waals surface area contributed by atoms with Crippen molar-refractivity contribution in [3.63, 3.8) is 0 Å². The Hall–Kier alpha value is -0.120. The van der Waals surface area contributed by atoms with E-state index in [9.17, 15) is 0 Å². The van der Waals surface area contributed by atoms with E-state index in [2.05, 4.69) is 6.92 Å². The van der Waals surface area contributed by atoms with Crippen molar-refractivity contribution < 1.29 is 9.47 Å². The third kappa shape index (κ3) is 1.92. The minimum atomic E-state index is -0.440. The van der Waals surface area contributed by atoms with E-state index in [-0.39, 0.29) is 12.2 Å². The van der Waals surface area contributed by atoms with Gasteiger partial charge >= 0.3 is 0 Å². The van der Waals surface area contributed by atoms with Gasteiger partial charge in [-0.15, -0.1) is 0 Å². The van der Waals surface area contributed by atoms with E-state index in [1.165, 1.54) is 0 Å². The van der Waals surface area contributed by atoms with Gasteiger partial charge in [0.15, 0.2) is 5.79 Å². The highest BCUT2D eigenvalue weighted by atomic mass is 16.7. The second kappa shape index (κ2) is 3.09. The lowest BCUT2D eigenvalue weighted by molar-refractivity contribution is -0.145. The van der Waals surface area contributed by atoms with Gasteiger partial charge in [-0.1, -0.05) is 6.92 Å². The van der Waals surface area contributed by atoms with Crippen LogP contribution in [0.25, 0.3) is 0 Å². The first-order valence-electron chi connectivity index (χ1n) is 4.14. The molecule has 2 N–H and O–H groups in total. The van der Waals surface area contributed by atoms with Gasteiger partial charge in [-0.05, 0) is 20.3 Å². The van der Waals surface area contributed by atoms with Crippen molar-refractivity contribution in [3.05, 3.63) is 0 Å². The molecule has 1 heterocycles. The second-order valence-corrected chi connectivity index (χ2v) is 3.36. The minimum Gasteiger partial charge on any atom is -0.345 e. The maximum atomic E-state index is 5.60. The number of hydrogen-bond donors (Lipinski definition) is 1. The third-order valence-electron chi connectivity index (χ3n) is 1.92. The zero-order chi connectivity index (χ0) is 8.48. The molecule has 1 aliphatic heterocycles. The van der Waals surface area contributed by atoms with E-state index in [4.69, 9.17) is 15.2 Å². The van der Waals surface area contributed by atoms with Crippen molar-refractivity contribution in [1.82, 2.24) is 0 Å². The molecule has 0 aromatic carbocycles. The Bertz CT molecular complexity index is 122. The van der Waals surface area contributed by atoms with Crippen LogP contribution in [0.3, 0.4) is 0 Å². The molecule has 0 aromatic heterocycles. The SMILES string of the molecule is CCC1OC(C)(C)OC1CN. The zero-order valence-corrected chi connectivity index (χ0v) is 7.46. The lowest BCUT2D eigenvalue weighted by Crippen LogP contribution is -2.30. The van der Waals surface area contributed by atoms with Crippen LogP contribution in [0.15, 0.2) is 0 Å².